The molecule has 2 N–H and O–H groups in total. The Kier molecular flexibility index (Phi) is 5.32. The largest absolute Gasteiger partial charge is 0.477 e. The maximum atomic E-state index is 13.3. The maximum absolute atomic E-state index is 13.3. The Morgan fingerprint density at radius 3 is 2.63 bits per heavy atom. The van der Waals surface area contributed by atoms with Crippen molar-refractivity contribution in [3.05, 3.63) is 11.8 Å². The molecule has 166 valence electrons. The highest BCUT2D eigenvalue weighted by Crippen LogP contribution is 2.59. The molecule has 2 unspecified atom stereocenters. The Hall–Kier alpha value is -1.56. The molecule has 5 aliphatic rings. The second-order valence-corrected chi connectivity index (χ2v) is 11.3. The zero-order valence-corrected chi connectivity index (χ0v) is 18.8. The average molecular weight is 415 g/mol. The highest BCUT2D eigenvalue weighted by molar-refractivity contribution is 5.96. The monoisotopic (exact) mass is 414 g/mol. The number of carbonyl (C=O) groups is 1. The molecule has 5 saturated carbocycles. The van der Waals surface area contributed by atoms with E-state index < -0.39 is 0 Å². The highest BCUT2D eigenvalue weighted by atomic mass is 16.5. The van der Waals surface area contributed by atoms with Gasteiger partial charge in [-0.25, -0.2) is 4.68 Å². The first-order chi connectivity index (χ1) is 14.4. The van der Waals surface area contributed by atoms with Gasteiger partial charge in [0.25, 0.3) is 5.91 Å². The smallest absolute Gasteiger partial charge is 0.258 e. The van der Waals surface area contributed by atoms with Gasteiger partial charge in [0.15, 0.2) is 0 Å². The van der Waals surface area contributed by atoms with Crippen LogP contribution < -0.4 is 15.4 Å². The summed E-state index contributed by atoms with van der Waals surface area (Å²) < 4.78 is 7.96. The molecule has 0 saturated heterocycles. The lowest BCUT2D eigenvalue weighted by molar-refractivity contribution is -0.0641. The first kappa shape index (κ1) is 20.3. The first-order valence-electron chi connectivity index (χ1n) is 12.1. The summed E-state index contributed by atoms with van der Waals surface area (Å²) >= 11 is 0. The Morgan fingerprint density at radius 2 is 2.00 bits per heavy atom. The fourth-order valence-corrected chi connectivity index (χ4v) is 6.64. The third kappa shape index (κ3) is 4.12. The number of aromatic nitrogens is 2. The molecule has 0 aliphatic heterocycles. The fourth-order valence-electron chi connectivity index (χ4n) is 6.64. The van der Waals surface area contributed by atoms with Crippen LogP contribution in [0.25, 0.3) is 0 Å². The van der Waals surface area contributed by atoms with Gasteiger partial charge in [-0.3, -0.25) is 4.79 Å². The summed E-state index contributed by atoms with van der Waals surface area (Å²) in [6.45, 7) is 8.91. The zero-order chi connectivity index (χ0) is 20.9. The van der Waals surface area contributed by atoms with Crippen molar-refractivity contribution in [1.82, 2.24) is 20.4 Å². The van der Waals surface area contributed by atoms with E-state index in [2.05, 4.69) is 36.5 Å². The van der Waals surface area contributed by atoms with Crippen molar-refractivity contribution in [2.45, 2.75) is 84.3 Å². The van der Waals surface area contributed by atoms with Crippen molar-refractivity contribution >= 4 is 5.91 Å². The van der Waals surface area contributed by atoms with E-state index in [1.54, 1.807) is 6.20 Å². The van der Waals surface area contributed by atoms with Crippen LogP contribution in [0.1, 0.15) is 76.1 Å². The number of hydrogen-bond acceptors (Lipinski definition) is 4. The summed E-state index contributed by atoms with van der Waals surface area (Å²) in [6.07, 6.45) is 10.8. The molecule has 5 aliphatic carbocycles. The van der Waals surface area contributed by atoms with E-state index in [4.69, 9.17) is 4.74 Å². The number of carbonyl (C=O) groups excluding carboxylic acids is 1. The molecule has 5 fully saturated rings. The molecule has 0 spiro atoms. The third-order valence-electron chi connectivity index (χ3n) is 7.80. The standard InChI is InChI=1S/C24H38N4O2/c1-15(2)14-30-23-20(13-26-28(23)7-6-25-19-4-5-19)22(29)27-21-17-8-16-9-18(21)12-24(3,10-16)11-17/h13,15-19,21,25H,4-12,14H2,1-3H3,(H,27,29)/t16?,17?,18?,21-,24+. The topological polar surface area (TPSA) is 68.2 Å². The molecule has 4 bridgehead atoms. The lowest BCUT2D eigenvalue weighted by atomic mass is 9.48. The normalized spacial score (nSPS) is 34.5. The number of ether oxygens (including phenoxy) is 1. The molecule has 0 aromatic carbocycles. The zero-order valence-electron chi connectivity index (χ0n) is 18.8. The van der Waals surface area contributed by atoms with Gasteiger partial charge in [0.2, 0.25) is 5.88 Å². The van der Waals surface area contributed by atoms with Crippen molar-refractivity contribution in [3.8, 4) is 5.88 Å². The van der Waals surface area contributed by atoms with Crippen LogP contribution >= 0.6 is 0 Å². The van der Waals surface area contributed by atoms with Crippen LogP contribution in [-0.2, 0) is 6.54 Å². The molecule has 0 radical (unpaired) electrons. The van der Waals surface area contributed by atoms with Gasteiger partial charge >= 0.3 is 0 Å². The fraction of sp³-hybridized carbons (Fsp3) is 0.833. The van der Waals surface area contributed by atoms with Gasteiger partial charge < -0.3 is 15.4 Å². The lowest BCUT2D eigenvalue weighted by Gasteiger charge is -2.59. The summed E-state index contributed by atoms with van der Waals surface area (Å²) in [5, 5.41) is 11.5. The van der Waals surface area contributed by atoms with Crippen molar-refractivity contribution in [2.24, 2.45) is 29.1 Å². The summed E-state index contributed by atoms with van der Waals surface area (Å²) in [5.74, 6) is 3.20. The number of rotatable bonds is 9. The van der Waals surface area contributed by atoms with E-state index in [9.17, 15) is 4.79 Å². The van der Waals surface area contributed by atoms with Crippen molar-refractivity contribution in [3.63, 3.8) is 0 Å². The van der Waals surface area contributed by atoms with Crippen LogP contribution in [0.5, 0.6) is 5.88 Å². The molecule has 6 nitrogen and oxygen atoms in total. The highest BCUT2D eigenvalue weighted by Gasteiger charge is 2.53. The van der Waals surface area contributed by atoms with E-state index in [1.807, 2.05) is 4.68 Å². The first-order valence-corrected chi connectivity index (χ1v) is 12.1. The van der Waals surface area contributed by atoms with Crippen molar-refractivity contribution in [1.29, 1.82) is 0 Å². The minimum absolute atomic E-state index is 0.00205. The Bertz CT molecular complexity index is 768. The van der Waals surface area contributed by atoms with E-state index in [0.29, 0.717) is 53.3 Å². The molecule has 1 aromatic heterocycles. The minimum atomic E-state index is -0.00205. The van der Waals surface area contributed by atoms with E-state index in [-0.39, 0.29) is 5.91 Å². The van der Waals surface area contributed by atoms with E-state index in [0.717, 1.165) is 19.0 Å². The molecular formula is C24H38N4O2. The van der Waals surface area contributed by atoms with Gasteiger partial charge in [0.1, 0.15) is 5.56 Å². The van der Waals surface area contributed by atoms with Crippen LogP contribution in [0.4, 0.5) is 0 Å². The van der Waals surface area contributed by atoms with E-state index >= 15 is 0 Å². The Balaban J connectivity index is 1.28. The van der Waals surface area contributed by atoms with Gasteiger partial charge in [-0.2, -0.15) is 5.10 Å². The van der Waals surface area contributed by atoms with E-state index in [1.165, 1.54) is 44.9 Å². The molecule has 1 amide bonds. The molecule has 30 heavy (non-hydrogen) atoms. The molecule has 2 atom stereocenters. The summed E-state index contributed by atoms with van der Waals surface area (Å²) in [7, 11) is 0. The molecule has 6 heteroatoms. The van der Waals surface area contributed by atoms with Crippen molar-refractivity contribution in [2.75, 3.05) is 13.2 Å². The van der Waals surface area contributed by atoms with Crippen LogP contribution in [-0.4, -0.2) is 40.9 Å². The van der Waals surface area contributed by atoms with Crippen LogP contribution in [0.2, 0.25) is 0 Å². The quantitative estimate of drug-likeness (QED) is 0.648. The van der Waals surface area contributed by atoms with Gasteiger partial charge in [-0.1, -0.05) is 20.8 Å². The third-order valence-corrected chi connectivity index (χ3v) is 7.80. The molecule has 1 aromatic rings. The van der Waals surface area contributed by atoms with Crippen LogP contribution in [0.3, 0.4) is 0 Å². The van der Waals surface area contributed by atoms with Gasteiger partial charge in [0, 0.05) is 18.6 Å². The molecule has 1 heterocycles. The maximum Gasteiger partial charge on any atom is 0.258 e. The van der Waals surface area contributed by atoms with Gasteiger partial charge in [-0.15, -0.1) is 0 Å². The predicted molar refractivity (Wildman–Crippen MR) is 117 cm³/mol. The van der Waals surface area contributed by atoms with Gasteiger partial charge in [-0.05, 0) is 74.0 Å². The molecular weight excluding hydrogens is 376 g/mol. The summed E-state index contributed by atoms with van der Waals surface area (Å²) in [4.78, 5) is 13.3. The number of nitrogens with zero attached hydrogens (tertiary/aromatic N) is 2. The van der Waals surface area contributed by atoms with Crippen LogP contribution in [0.15, 0.2) is 6.20 Å². The number of nitrogens with one attached hydrogen (secondary N) is 2. The van der Waals surface area contributed by atoms with Crippen LogP contribution in [0, 0.1) is 29.1 Å². The Labute approximate surface area is 180 Å². The van der Waals surface area contributed by atoms with Crippen molar-refractivity contribution < 1.29 is 9.53 Å². The summed E-state index contributed by atoms with van der Waals surface area (Å²) in [5.41, 5.74) is 1.12. The Morgan fingerprint density at radius 1 is 1.27 bits per heavy atom. The van der Waals surface area contributed by atoms with Gasteiger partial charge in [0.05, 0.1) is 19.3 Å². The predicted octanol–water partition coefficient (Wildman–Crippen LogP) is 3.61. The second-order valence-electron chi connectivity index (χ2n) is 11.3. The summed E-state index contributed by atoms with van der Waals surface area (Å²) in [6, 6.07) is 0.988. The minimum Gasteiger partial charge on any atom is -0.477 e. The average Bonchev–Trinajstić information content (AvgIpc) is 3.40. The molecule has 6 rings (SSSR count). The number of amides is 1. The second kappa shape index (κ2) is 7.85. The lowest BCUT2D eigenvalue weighted by Crippen LogP contribution is -2.58. The number of hydrogen-bond donors (Lipinski definition) is 2. The SMILES string of the molecule is CC(C)COc1c(C(=O)N[C@H]2C3CC4CC2C[C@](C)(C4)C3)cnn1CCNC1CC1.